The van der Waals surface area contributed by atoms with Gasteiger partial charge in [0.15, 0.2) is 5.37 Å². The lowest BCUT2D eigenvalue weighted by Gasteiger charge is -2.16. The first-order valence-electron chi connectivity index (χ1n) is 8.40. The summed E-state index contributed by atoms with van der Waals surface area (Å²) < 4.78 is 0. The van der Waals surface area contributed by atoms with Crippen LogP contribution in [0.3, 0.4) is 0 Å². The molecule has 0 aliphatic carbocycles. The van der Waals surface area contributed by atoms with Gasteiger partial charge in [-0.3, -0.25) is 9.59 Å². The number of aryl methyl sites for hydroxylation is 2. The van der Waals surface area contributed by atoms with E-state index in [-0.39, 0.29) is 11.1 Å². The summed E-state index contributed by atoms with van der Waals surface area (Å²) in [5, 5.41) is 4.54. The number of hydrogen-bond acceptors (Lipinski definition) is 4. The molecule has 0 radical (unpaired) electrons. The molecule has 1 aliphatic heterocycles. The fourth-order valence-corrected chi connectivity index (χ4v) is 3.93. The zero-order valence-electron chi connectivity index (χ0n) is 14.5. The second-order valence-corrected chi connectivity index (χ2v) is 7.47. The van der Waals surface area contributed by atoms with Gasteiger partial charge in [-0.05, 0) is 71.8 Å². The first-order chi connectivity index (χ1) is 12.5. The molecule has 0 bridgehead atoms. The summed E-state index contributed by atoms with van der Waals surface area (Å²) in [5.74, 6) is -0.239. The second-order valence-electron chi connectivity index (χ2n) is 6.41. The van der Waals surface area contributed by atoms with Crippen LogP contribution in [0.25, 0.3) is 10.8 Å². The maximum atomic E-state index is 12.8. The molecule has 1 unspecified atom stereocenters. The number of hydrogen-bond donors (Lipinski definition) is 1. The summed E-state index contributed by atoms with van der Waals surface area (Å²) in [4.78, 5) is 26.5. The van der Waals surface area contributed by atoms with Crippen LogP contribution in [0.15, 0.2) is 60.7 Å². The molecule has 1 aliphatic rings. The van der Waals surface area contributed by atoms with Gasteiger partial charge in [0.2, 0.25) is 0 Å². The summed E-state index contributed by atoms with van der Waals surface area (Å²) >= 11 is 1.01. The molecule has 3 aromatic carbocycles. The van der Waals surface area contributed by atoms with Gasteiger partial charge >= 0.3 is 0 Å². The topological polar surface area (TPSA) is 49.4 Å². The molecular weight excluding hydrogens is 344 g/mol. The highest BCUT2D eigenvalue weighted by atomic mass is 32.2. The van der Waals surface area contributed by atoms with Gasteiger partial charge in [-0.25, -0.2) is 4.90 Å². The first kappa shape index (κ1) is 16.7. The Morgan fingerprint density at radius 1 is 0.885 bits per heavy atom. The van der Waals surface area contributed by atoms with Crippen LogP contribution in [0, 0.1) is 13.8 Å². The fourth-order valence-electron chi connectivity index (χ4n) is 3.03. The second kappa shape index (κ2) is 6.50. The van der Waals surface area contributed by atoms with Gasteiger partial charge in [-0.1, -0.05) is 36.4 Å². The lowest BCUT2D eigenvalue weighted by Crippen LogP contribution is -2.34. The van der Waals surface area contributed by atoms with Crippen molar-refractivity contribution in [1.29, 1.82) is 0 Å². The van der Waals surface area contributed by atoms with E-state index in [1.165, 1.54) is 4.90 Å². The number of carbonyl (C=O) groups is 2. The molecule has 0 aromatic heterocycles. The fraction of sp³-hybridized carbons (Fsp3) is 0.143. The van der Waals surface area contributed by atoms with Crippen molar-refractivity contribution in [1.82, 2.24) is 0 Å². The van der Waals surface area contributed by atoms with Crippen molar-refractivity contribution in [2.24, 2.45) is 0 Å². The Morgan fingerprint density at radius 2 is 1.65 bits per heavy atom. The summed E-state index contributed by atoms with van der Waals surface area (Å²) in [5.41, 5.74) is 3.63. The van der Waals surface area contributed by atoms with E-state index in [1.54, 1.807) is 0 Å². The highest BCUT2D eigenvalue weighted by molar-refractivity contribution is 8.16. The Balaban J connectivity index is 1.59. The van der Waals surface area contributed by atoms with Crippen LogP contribution in [-0.4, -0.2) is 16.5 Å². The number of thioether (sulfide) groups is 1. The molecule has 130 valence electrons. The number of nitrogens with one attached hydrogen (secondary N) is 1. The molecule has 1 atom stereocenters. The maximum absolute atomic E-state index is 12.8. The summed E-state index contributed by atoms with van der Waals surface area (Å²) in [7, 11) is 0. The molecule has 0 spiro atoms. The van der Waals surface area contributed by atoms with E-state index in [0.29, 0.717) is 5.69 Å². The van der Waals surface area contributed by atoms with Gasteiger partial charge in [-0.15, -0.1) is 0 Å². The van der Waals surface area contributed by atoms with Crippen molar-refractivity contribution >= 4 is 45.1 Å². The molecule has 4 rings (SSSR count). The van der Waals surface area contributed by atoms with Crippen LogP contribution >= 0.6 is 11.8 Å². The van der Waals surface area contributed by atoms with E-state index in [9.17, 15) is 9.59 Å². The predicted molar refractivity (Wildman–Crippen MR) is 108 cm³/mol. The van der Waals surface area contributed by atoms with E-state index in [1.807, 2.05) is 74.5 Å². The van der Waals surface area contributed by atoms with Gasteiger partial charge in [0.1, 0.15) is 0 Å². The molecule has 0 saturated carbocycles. The standard InChI is InChI=1S/C21H18N2O2S/c1-13-7-10-18(11-14(13)2)23-20(24)19(26-21(23)25)22-17-9-8-15-5-3-4-6-16(15)12-17/h3-12,19,22H,1-2H3. The third-order valence-electron chi connectivity index (χ3n) is 4.64. The molecule has 3 aromatic rings. The van der Waals surface area contributed by atoms with Crippen LogP contribution in [0.5, 0.6) is 0 Å². The lowest BCUT2D eigenvalue weighted by atomic mass is 10.1. The maximum Gasteiger partial charge on any atom is 0.295 e. The number of fused-ring (bicyclic) bond motifs is 1. The Bertz CT molecular complexity index is 1030. The number of anilines is 2. The Kier molecular flexibility index (Phi) is 4.17. The largest absolute Gasteiger partial charge is 0.365 e. The van der Waals surface area contributed by atoms with Gasteiger partial charge in [0, 0.05) is 5.69 Å². The van der Waals surface area contributed by atoms with Crippen LogP contribution in [-0.2, 0) is 4.79 Å². The zero-order valence-corrected chi connectivity index (χ0v) is 15.3. The van der Waals surface area contributed by atoms with Crippen molar-refractivity contribution in [2.75, 3.05) is 10.2 Å². The number of amides is 2. The Labute approximate surface area is 156 Å². The molecule has 1 N–H and O–H groups in total. The van der Waals surface area contributed by atoms with Crippen molar-refractivity contribution < 1.29 is 9.59 Å². The Morgan fingerprint density at radius 3 is 2.42 bits per heavy atom. The number of nitrogens with zero attached hydrogens (tertiary/aromatic N) is 1. The molecule has 1 heterocycles. The minimum Gasteiger partial charge on any atom is -0.365 e. The Hall–Kier alpha value is -2.79. The minimum atomic E-state index is -0.620. The van der Waals surface area contributed by atoms with Gasteiger partial charge in [0.25, 0.3) is 11.1 Å². The number of imide groups is 1. The van der Waals surface area contributed by atoms with Crippen LogP contribution < -0.4 is 10.2 Å². The highest BCUT2D eigenvalue weighted by Crippen LogP contribution is 2.33. The molecule has 1 saturated heterocycles. The number of carbonyl (C=O) groups excluding carboxylic acids is 2. The molecular formula is C21H18N2O2S. The zero-order chi connectivity index (χ0) is 18.3. The molecule has 4 nitrogen and oxygen atoms in total. The van der Waals surface area contributed by atoms with Crippen molar-refractivity contribution in [3.05, 3.63) is 71.8 Å². The molecule has 1 fully saturated rings. The minimum absolute atomic E-state index is 0.239. The predicted octanol–water partition coefficient (Wildman–Crippen LogP) is 5.09. The average Bonchev–Trinajstić information content (AvgIpc) is 2.91. The SMILES string of the molecule is Cc1ccc(N2C(=O)SC(Nc3ccc4ccccc4c3)C2=O)cc1C. The lowest BCUT2D eigenvalue weighted by molar-refractivity contribution is -0.116. The van der Waals surface area contributed by atoms with Gasteiger partial charge in [0.05, 0.1) is 5.69 Å². The summed E-state index contributed by atoms with van der Waals surface area (Å²) in [6.45, 7) is 3.98. The van der Waals surface area contributed by atoms with Crippen molar-refractivity contribution in [3.8, 4) is 0 Å². The number of benzene rings is 3. The van der Waals surface area contributed by atoms with Crippen molar-refractivity contribution in [3.63, 3.8) is 0 Å². The number of rotatable bonds is 3. The van der Waals surface area contributed by atoms with E-state index in [4.69, 9.17) is 0 Å². The third kappa shape index (κ3) is 2.95. The van der Waals surface area contributed by atoms with E-state index < -0.39 is 5.37 Å². The van der Waals surface area contributed by atoms with Crippen LogP contribution in [0.2, 0.25) is 0 Å². The monoisotopic (exact) mass is 362 g/mol. The van der Waals surface area contributed by atoms with E-state index in [2.05, 4.69) is 5.32 Å². The highest BCUT2D eigenvalue weighted by Gasteiger charge is 2.40. The summed E-state index contributed by atoms with van der Waals surface area (Å²) in [6, 6.07) is 19.6. The van der Waals surface area contributed by atoms with E-state index in [0.717, 1.165) is 39.3 Å². The normalized spacial score (nSPS) is 17.2. The molecule has 2 amide bonds. The summed E-state index contributed by atoms with van der Waals surface area (Å²) in [6.07, 6.45) is 0. The molecule has 26 heavy (non-hydrogen) atoms. The smallest absolute Gasteiger partial charge is 0.295 e. The van der Waals surface area contributed by atoms with E-state index >= 15 is 0 Å². The first-order valence-corrected chi connectivity index (χ1v) is 9.28. The van der Waals surface area contributed by atoms with Crippen LogP contribution in [0.1, 0.15) is 11.1 Å². The molecule has 5 heteroatoms. The van der Waals surface area contributed by atoms with Crippen LogP contribution in [0.4, 0.5) is 16.2 Å². The van der Waals surface area contributed by atoms with Crippen molar-refractivity contribution in [2.45, 2.75) is 19.2 Å². The quantitative estimate of drug-likeness (QED) is 0.705. The third-order valence-corrected chi connectivity index (χ3v) is 5.58. The average molecular weight is 362 g/mol. The van der Waals surface area contributed by atoms with Gasteiger partial charge < -0.3 is 5.32 Å². The van der Waals surface area contributed by atoms with Gasteiger partial charge in [-0.2, -0.15) is 0 Å².